The van der Waals surface area contributed by atoms with Crippen LogP contribution in [-0.4, -0.2) is 41.7 Å². The molecule has 3 amide bonds. The molecule has 30 heavy (non-hydrogen) atoms. The summed E-state index contributed by atoms with van der Waals surface area (Å²) >= 11 is 6.02. The van der Waals surface area contributed by atoms with Gasteiger partial charge in [0.25, 0.3) is 17.7 Å². The Hall–Kier alpha value is -3.19. The number of nitrogens with zero attached hydrogens (tertiary/aromatic N) is 1. The number of nitrogens with one attached hydrogen (secondary N) is 1. The first-order valence-electron chi connectivity index (χ1n) is 9.40. The van der Waals surface area contributed by atoms with Gasteiger partial charge < -0.3 is 10.1 Å². The number of carbonyl (C=O) groups excluding carboxylic acids is 4. The fraction of sp³-hybridized carbons (Fsp3) is 0.273. The summed E-state index contributed by atoms with van der Waals surface area (Å²) in [6, 6.07) is 9.21. The number of benzene rings is 2. The first-order chi connectivity index (χ1) is 14.2. The number of rotatable bonds is 6. The van der Waals surface area contributed by atoms with Gasteiger partial charge in [0.2, 0.25) is 0 Å². The first kappa shape index (κ1) is 21.5. The molecule has 3 rings (SSSR count). The van der Waals surface area contributed by atoms with E-state index in [1.54, 1.807) is 18.2 Å². The Balaban J connectivity index is 1.64. The van der Waals surface area contributed by atoms with Gasteiger partial charge in [0.15, 0.2) is 6.61 Å². The summed E-state index contributed by atoms with van der Waals surface area (Å²) in [5, 5.41) is 3.10. The quantitative estimate of drug-likeness (QED) is 0.559. The predicted molar refractivity (Wildman–Crippen MR) is 112 cm³/mol. The predicted octanol–water partition coefficient (Wildman–Crippen LogP) is 3.70. The third-order valence-electron chi connectivity index (χ3n) is 4.54. The van der Waals surface area contributed by atoms with E-state index < -0.39 is 24.4 Å². The highest BCUT2D eigenvalue weighted by Crippen LogP contribution is 2.25. The van der Waals surface area contributed by atoms with Crippen LogP contribution in [0.4, 0.5) is 5.69 Å². The van der Waals surface area contributed by atoms with Crippen LogP contribution < -0.4 is 5.32 Å². The summed E-state index contributed by atoms with van der Waals surface area (Å²) < 4.78 is 5.04. The Bertz CT molecular complexity index is 1050. The van der Waals surface area contributed by atoms with Gasteiger partial charge in [-0.3, -0.25) is 19.3 Å². The number of carbonyl (C=O) groups is 4. The molecule has 2 aromatic carbocycles. The lowest BCUT2D eigenvalue weighted by molar-refractivity contribution is -0.119. The van der Waals surface area contributed by atoms with E-state index in [-0.39, 0.29) is 28.5 Å². The number of amides is 3. The Labute approximate surface area is 179 Å². The molecular formula is C22H21ClN2O5. The molecule has 0 radical (unpaired) electrons. The van der Waals surface area contributed by atoms with Crippen LogP contribution in [0.5, 0.6) is 0 Å². The van der Waals surface area contributed by atoms with Gasteiger partial charge in [0.1, 0.15) is 0 Å². The Morgan fingerprint density at radius 3 is 2.43 bits per heavy atom. The number of halogens is 1. The van der Waals surface area contributed by atoms with Crippen molar-refractivity contribution in [3.8, 4) is 0 Å². The highest BCUT2D eigenvalue weighted by Gasteiger charge is 2.36. The highest BCUT2D eigenvalue weighted by molar-refractivity contribution is 6.31. The Morgan fingerprint density at radius 1 is 1.07 bits per heavy atom. The molecule has 0 fully saturated rings. The van der Waals surface area contributed by atoms with Crippen molar-refractivity contribution < 1.29 is 23.9 Å². The van der Waals surface area contributed by atoms with E-state index in [9.17, 15) is 19.2 Å². The van der Waals surface area contributed by atoms with E-state index in [1.807, 2.05) is 20.8 Å². The highest BCUT2D eigenvalue weighted by atomic mass is 35.5. The lowest BCUT2D eigenvalue weighted by atomic mass is 10.1. The Kier molecular flexibility index (Phi) is 6.22. The summed E-state index contributed by atoms with van der Waals surface area (Å²) in [6.45, 7) is 5.44. The molecule has 156 valence electrons. The number of fused-ring (bicyclic) bond motifs is 1. The second-order valence-electron chi connectivity index (χ2n) is 7.46. The molecule has 0 aromatic heterocycles. The average molecular weight is 429 g/mol. The molecule has 0 unspecified atom stereocenters. The van der Waals surface area contributed by atoms with Crippen LogP contribution in [0, 0.1) is 12.8 Å². The smallest absolute Gasteiger partial charge is 0.338 e. The maximum absolute atomic E-state index is 12.5. The largest absolute Gasteiger partial charge is 0.452 e. The fourth-order valence-corrected chi connectivity index (χ4v) is 3.21. The van der Waals surface area contributed by atoms with Crippen molar-refractivity contribution in [3.63, 3.8) is 0 Å². The minimum atomic E-state index is -0.766. The van der Waals surface area contributed by atoms with E-state index in [1.165, 1.54) is 23.1 Å². The van der Waals surface area contributed by atoms with Crippen LogP contribution in [0.1, 0.15) is 50.5 Å². The lowest BCUT2D eigenvalue weighted by Crippen LogP contribution is -2.33. The maximum Gasteiger partial charge on any atom is 0.338 e. The summed E-state index contributed by atoms with van der Waals surface area (Å²) in [4.78, 5) is 50.4. The van der Waals surface area contributed by atoms with E-state index in [0.717, 1.165) is 5.56 Å². The van der Waals surface area contributed by atoms with Crippen LogP contribution in [0.15, 0.2) is 36.4 Å². The van der Waals surface area contributed by atoms with Crippen molar-refractivity contribution in [2.45, 2.75) is 20.8 Å². The van der Waals surface area contributed by atoms with Gasteiger partial charge in [0.05, 0.1) is 16.7 Å². The van der Waals surface area contributed by atoms with Crippen LogP contribution in [0.25, 0.3) is 0 Å². The molecule has 0 atom stereocenters. The Morgan fingerprint density at radius 2 is 1.77 bits per heavy atom. The number of esters is 1. The number of hydrogen-bond donors (Lipinski definition) is 1. The van der Waals surface area contributed by atoms with Crippen molar-refractivity contribution in [1.29, 1.82) is 0 Å². The first-order valence-corrected chi connectivity index (χ1v) is 9.78. The monoisotopic (exact) mass is 428 g/mol. The number of imide groups is 1. The zero-order valence-electron chi connectivity index (χ0n) is 16.8. The number of hydrogen-bond acceptors (Lipinski definition) is 5. The van der Waals surface area contributed by atoms with Crippen LogP contribution in [0.3, 0.4) is 0 Å². The molecule has 2 aromatic rings. The average Bonchev–Trinajstić information content (AvgIpc) is 2.93. The number of anilines is 1. The SMILES string of the molecule is Cc1ccc(NC(=O)COC(=O)c2ccc3c(c2)C(=O)N(CC(C)C)C3=O)cc1Cl. The van der Waals surface area contributed by atoms with Crippen LogP contribution >= 0.6 is 11.6 Å². The van der Waals surface area contributed by atoms with Crippen molar-refractivity contribution >= 4 is 41.0 Å². The molecule has 1 heterocycles. The van der Waals surface area contributed by atoms with Gasteiger partial charge in [-0.05, 0) is 48.7 Å². The molecule has 0 saturated heterocycles. The zero-order chi connectivity index (χ0) is 22.0. The molecule has 0 saturated carbocycles. The minimum Gasteiger partial charge on any atom is -0.452 e. The van der Waals surface area contributed by atoms with E-state index in [4.69, 9.17) is 16.3 Å². The topological polar surface area (TPSA) is 92.8 Å². The molecule has 0 bridgehead atoms. The fourth-order valence-electron chi connectivity index (χ4n) is 3.03. The lowest BCUT2D eigenvalue weighted by Gasteiger charge is -2.15. The third kappa shape index (κ3) is 4.52. The van der Waals surface area contributed by atoms with Crippen molar-refractivity contribution in [2.75, 3.05) is 18.5 Å². The van der Waals surface area contributed by atoms with Crippen molar-refractivity contribution in [3.05, 3.63) is 63.7 Å². The maximum atomic E-state index is 12.5. The summed E-state index contributed by atoms with van der Waals surface area (Å²) in [5.74, 6) is -1.98. The molecule has 7 nitrogen and oxygen atoms in total. The molecule has 0 aliphatic carbocycles. The molecule has 1 N–H and O–H groups in total. The van der Waals surface area contributed by atoms with E-state index >= 15 is 0 Å². The molecule has 0 spiro atoms. The zero-order valence-corrected chi connectivity index (χ0v) is 17.6. The molecule has 1 aliphatic rings. The minimum absolute atomic E-state index is 0.0903. The molecule has 1 aliphatic heterocycles. The third-order valence-corrected chi connectivity index (χ3v) is 4.95. The van der Waals surface area contributed by atoms with E-state index in [2.05, 4.69) is 5.32 Å². The van der Waals surface area contributed by atoms with Crippen molar-refractivity contribution in [2.24, 2.45) is 5.92 Å². The van der Waals surface area contributed by atoms with Gasteiger partial charge in [-0.2, -0.15) is 0 Å². The number of aryl methyl sites for hydroxylation is 1. The van der Waals surface area contributed by atoms with Gasteiger partial charge in [-0.25, -0.2) is 4.79 Å². The van der Waals surface area contributed by atoms with Gasteiger partial charge in [0, 0.05) is 17.3 Å². The van der Waals surface area contributed by atoms with Crippen LogP contribution in [-0.2, 0) is 9.53 Å². The molecule has 8 heteroatoms. The summed E-state index contributed by atoms with van der Waals surface area (Å²) in [5.41, 5.74) is 1.86. The summed E-state index contributed by atoms with van der Waals surface area (Å²) in [6.07, 6.45) is 0. The summed E-state index contributed by atoms with van der Waals surface area (Å²) in [7, 11) is 0. The van der Waals surface area contributed by atoms with E-state index in [0.29, 0.717) is 17.3 Å². The standard InChI is InChI=1S/C22H21ClN2O5/c1-12(2)10-25-20(27)16-7-5-14(8-17(16)21(25)28)22(29)30-11-19(26)24-15-6-4-13(3)18(23)9-15/h4-9,12H,10-11H2,1-3H3,(H,24,26). The van der Waals surface area contributed by atoms with Gasteiger partial charge >= 0.3 is 5.97 Å². The number of ether oxygens (including phenoxy) is 1. The second kappa shape index (κ2) is 8.67. The normalized spacial score (nSPS) is 12.9. The van der Waals surface area contributed by atoms with Crippen molar-refractivity contribution in [1.82, 2.24) is 4.90 Å². The van der Waals surface area contributed by atoms with Gasteiger partial charge in [-0.15, -0.1) is 0 Å². The molecular weight excluding hydrogens is 408 g/mol. The van der Waals surface area contributed by atoms with Crippen LogP contribution in [0.2, 0.25) is 5.02 Å². The van der Waals surface area contributed by atoms with Gasteiger partial charge in [-0.1, -0.05) is 31.5 Å². The second-order valence-corrected chi connectivity index (χ2v) is 7.87.